The highest BCUT2D eigenvalue weighted by Gasteiger charge is 2.13. The molecule has 0 unspecified atom stereocenters. The van der Waals surface area contributed by atoms with Gasteiger partial charge in [0.15, 0.2) is 17.5 Å². The van der Waals surface area contributed by atoms with Crippen LogP contribution in [-0.4, -0.2) is 31.9 Å². The first kappa shape index (κ1) is 15.9. The van der Waals surface area contributed by atoms with Crippen LogP contribution in [0.25, 0.3) is 0 Å². The fraction of sp³-hybridized carbons (Fsp3) is 0.294. The molecule has 2 aromatic rings. The van der Waals surface area contributed by atoms with Crippen LogP contribution in [-0.2, 0) is 13.1 Å². The lowest BCUT2D eigenvalue weighted by Gasteiger charge is -2.12. The normalized spacial score (nSPS) is 12.8. The zero-order valence-corrected chi connectivity index (χ0v) is 13.7. The van der Waals surface area contributed by atoms with E-state index >= 15 is 0 Å². The maximum atomic E-state index is 5.39. The van der Waals surface area contributed by atoms with Crippen LogP contribution >= 0.6 is 0 Å². The van der Waals surface area contributed by atoms with Gasteiger partial charge in [-0.15, -0.1) is 0 Å². The van der Waals surface area contributed by atoms with Crippen molar-refractivity contribution in [3.8, 4) is 17.4 Å². The van der Waals surface area contributed by atoms with E-state index in [0.717, 1.165) is 22.6 Å². The van der Waals surface area contributed by atoms with Crippen molar-refractivity contribution in [2.45, 2.75) is 13.1 Å². The maximum Gasteiger partial charge on any atom is 0.231 e. The fourth-order valence-corrected chi connectivity index (χ4v) is 2.32. The van der Waals surface area contributed by atoms with Crippen LogP contribution in [0, 0.1) is 0 Å². The molecule has 0 fully saturated rings. The monoisotopic (exact) mass is 328 g/mol. The second kappa shape index (κ2) is 7.54. The van der Waals surface area contributed by atoms with Gasteiger partial charge in [-0.3, -0.25) is 4.99 Å². The van der Waals surface area contributed by atoms with E-state index in [1.54, 1.807) is 20.4 Å². The van der Waals surface area contributed by atoms with E-state index in [2.05, 4.69) is 20.6 Å². The molecule has 126 valence electrons. The van der Waals surface area contributed by atoms with E-state index in [4.69, 9.17) is 14.2 Å². The average molecular weight is 328 g/mol. The number of rotatable bonds is 5. The Hall–Kier alpha value is -2.96. The van der Waals surface area contributed by atoms with Crippen molar-refractivity contribution in [3.63, 3.8) is 0 Å². The lowest BCUT2D eigenvalue weighted by molar-refractivity contribution is 0.174. The van der Waals surface area contributed by atoms with Crippen molar-refractivity contribution in [1.82, 2.24) is 15.6 Å². The summed E-state index contributed by atoms with van der Waals surface area (Å²) in [6.07, 6.45) is 1.72. The summed E-state index contributed by atoms with van der Waals surface area (Å²) >= 11 is 0. The summed E-state index contributed by atoms with van der Waals surface area (Å²) in [7, 11) is 3.34. The van der Waals surface area contributed by atoms with Crippen LogP contribution in [0.5, 0.6) is 17.4 Å². The molecule has 0 saturated heterocycles. The molecular weight excluding hydrogens is 308 g/mol. The van der Waals surface area contributed by atoms with E-state index in [0.29, 0.717) is 24.9 Å². The number of nitrogens with zero attached hydrogens (tertiary/aromatic N) is 2. The number of aromatic nitrogens is 1. The number of guanidine groups is 1. The third-order valence-electron chi connectivity index (χ3n) is 3.59. The predicted octanol–water partition coefficient (Wildman–Crippen LogP) is 1.68. The number of benzene rings is 1. The number of methoxy groups -OCH3 is 1. The van der Waals surface area contributed by atoms with Crippen LogP contribution in [0.1, 0.15) is 11.1 Å². The molecule has 0 amide bonds. The minimum Gasteiger partial charge on any atom is -0.481 e. The Morgan fingerprint density at radius 1 is 1.12 bits per heavy atom. The van der Waals surface area contributed by atoms with Crippen molar-refractivity contribution in [3.05, 3.63) is 47.7 Å². The lowest BCUT2D eigenvalue weighted by atomic mass is 10.2. The summed E-state index contributed by atoms with van der Waals surface area (Å²) in [5, 5.41) is 6.53. The summed E-state index contributed by atoms with van der Waals surface area (Å²) < 4.78 is 15.8. The van der Waals surface area contributed by atoms with Crippen molar-refractivity contribution in [2.75, 3.05) is 21.0 Å². The summed E-state index contributed by atoms with van der Waals surface area (Å²) in [6.45, 7) is 1.54. The molecule has 24 heavy (non-hydrogen) atoms. The van der Waals surface area contributed by atoms with Crippen LogP contribution in [0.3, 0.4) is 0 Å². The third-order valence-corrected chi connectivity index (χ3v) is 3.59. The molecule has 0 radical (unpaired) electrons. The highest BCUT2D eigenvalue weighted by molar-refractivity contribution is 5.79. The van der Waals surface area contributed by atoms with E-state index in [9.17, 15) is 0 Å². The van der Waals surface area contributed by atoms with Gasteiger partial charge in [-0.25, -0.2) is 4.98 Å². The van der Waals surface area contributed by atoms with Gasteiger partial charge in [0.1, 0.15) is 0 Å². The fourth-order valence-electron chi connectivity index (χ4n) is 2.32. The topological polar surface area (TPSA) is 77.0 Å². The maximum absolute atomic E-state index is 5.39. The number of hydrogen-bond donors (Lipinski definition) is 2. The number of fused-ring (bicyclic) bond motifs is 1. The minimum absolute atomic E-state index is 0.283. The number of nitrogens with one attached hydrogen (secondary N) is 2. The number of ether oxygens (including phenoxy) is 3. The molecule has 0 aliphatic carbocycles. The summed E-state index contributed by atoms with van der Waals surface area (Å²) in [4.78, 5) is 8.32. The minimum atomic E-state index is 0.283. The molecule has 3 rings (SSSR count). The molecular formula is C17H20N4O3. The summed E-state index contributed by atoms with van der Waals surface area (Å²) in [6, 6.07) is 9.70. The van der Waals surface area contributed by atoms with Gasteiger partial charge >= 0.3 is 0 Å². The molecule has 1 aromatic heterocycles. The standard InChI is InChI=1S/C17H20N4O3/c1-18-17(21-10-13-5-6-19-16(8-13)22-2)20-9-12-3-4-14-15(7-12)24-11-23-14/h3-8H,9-11H2,1-2H3,(H2,18,20,21). The quantitative estimate of drug-likeness (QED) is 0.642. The van der Waals surface area contributed by atoms with E-state index in [1.165, 1.54) is 0 Å². The Morgan fingerprint density at radius 2 is 1.88 bits per heavy atom. The van der Waals surface area contributed by atoms with Gasteiger partial charge in [-0.2, -0.15) is 0 Å². The first-order valence-electron chi connectivity index (χ1n) is 7.60. The van der Waals surface area contributed by atoms with Crippen LogP contribution in [0.15, 0.2) is 41.5 Å². The Balaban J connectivity index is 1.53. The highest BCUT2D eigenvalue weighted by Crippen LogP contribution is 2.32. The van der Waals surface area contributed by atoms with Crippen molar-refractivity contribution in [1.29, 1.82) is 0 Å². The first-order chi connectivity index (χ1) is 11.8. The molecule has 1 aliphatic rings. The zero-order chi connectivity index (χ0) is 16.8. The Kier molecular flexibility index (Phi) is 5.00. The molecule has 2 N–H and O–H groups in total. The van der Waals surface area contributed by atoms with E-state index in [1.807, 2.05) is 30.3 Å². The molecule has 0 bridgehead atoms. The number of pyridine rings is 1. The Labute approximate surface area is 140 Å². The second-order valence-corrected chi connectivity index (χ2v) is 5.17. The second-order valence-electron chi connectivity index (χ2n) is 5.17. The molecule has 0 spiro atoms. The van der Waals surface area contributed by atoms with Crippen LogP contribution in [0.2, 0.25) is 0 Å². The van der Waals surface area contributed by atoms with Crippen molar-refractivity contribution < 1.29 is 14.2 Å². The van der Waals surface area contributed by atoms with E-state index in [-0.39, 0.29) is 6.79 Å². The van der Waals surface area contributed by atoms with Gasteiger partial charge in [0.25, 0.3) is 0 Å². The van der Waals surface area contributed by atoms with E-state index < -0.39 is 0 Å². The van der Waals surface area contributed by atoms with Gasteiger partial charge in [-0.1, -0.05) is 6.07 Å². The molecule has 0 atom stereocenters. The lowest BCUT2D eigenvalue weighted by Crippen LogP contribution is -2.36. The molecule has 2 heterocycles. The third kappa shape index (κ3) is 3.87. The van der Waals surface area contributed by atoms with Crippen molar-refractivity contribution >= 4 is 5.96 Å². The van der Waals surface area contributed by atoms with Gasteiger partial charge < -0.3 is 24.8 Å². The van der Waals surface area contributed by atoms with Gasteiger partial charge in [0.05, 0.1) is 7.11 Å². The molecule has 7 heteroatoms. The van der Waals surface area contributed by atoms with Gasteiger partial charge in [0.2, 0.25) is 12.7 Å². The van der Waals surface area contributed by atoms with Gasteiger partial charge in [0, 0.05) is 32.4 Å². The molecule has 0 saturated carbocycles. The predicted molar refractivity (Wildman–Crippen MR) is 90.4 cm³/mol. The van der Waals surface area contributed by atoms with Gasteiger partial charge in [-0.05, 0) is 29.3 Å². The first-order valence-corrected chi connectivity index (χ1v) is 7.60. The zero-order valence-electron chi connectivity index (χ0n) is 13.7. The summed E-state index contributed by atoms with van der Waals surface area (Å²) in [5.41, 5.74) is 2.15. The summed E-state index contributed by atoms with van der Waals surface area (Å²) in [5.74, 6) is 2.87. The number of hydrogen-bond acceptors (Lipinski definition) is 5. The smallest absolute Gasteiger partial charge is 0.231 e. The molecule has 1 aliphatic heterocycles. The Bertz CT molecular complexity index is 734. The largest absolute Gasteiger partial charge is 0.481 e. The average Bonchev–Trinajstić information content (AvgIpc) is 3.10. The highest BCUT2D eigenvalue weighted by atomic mass is 16.7. The van der Waals surface area contributed by atoms with Crippen molar-refractivity contribution in [2.24, 2.45) is 4.99 Å². The molecule has 1 aromatic carbocycles. The van der Waals surface area contributed by atoms with Crippen LogP contribution < -0.4 is 24.8 Å². The number of aliphatic imine (C=N–C) groups is 1. The SMILES string of the molecule is CN=C(NCc1ccnc(OC)c1)NCc1ccc2c(c1)OCO2. The van der Waals surface area contributed by atoms with Crippen LogP contribution in [0.4, 0.5) is 0 Å². The molecule has 7 nitrogen and oxygen atoms in total. The Morgan fingerprint density at radius 3 is 2.62 bits per heavy atom.